The topological polar surface area (TPSA) is 21.3 Å². The molecule has 0 amide bonds. The fourth-order valence-corrected chi connectivity index (χ4v) is 5.40. The molecule has 142 valence electrons. The van der Waals surface area contributed by atoms with E-state index in [1.165, 1.54) is 33.5 Å². The summed E-state index contributed by atoms with van der Waals surface area (Å²) in [6, 6.07) is 23.6. The second-order valence-corrected chi connectivity index (χ2v) is 9.42. The third-order valence-corrected chi connectivity index (χ3v) is 6.07. The summed E-state index contributed by atoms with van der Waals surface area (Å²) in [4.78, 5) is 0. The van der Waals surface area contributed by atoms with Gasteiger partial charge in [0.05, 0.1) is 0 Å². The quantitative estimate of drug-likeness (QED) is 0.515. The third-order valence-electron chi connectivity index (χ3n) is 6.07. The number of hydrogen-bond acceptors (Lipinski definition) is 2. The molecule has 2 aliphatic heterocycles. The summed E-state index contributed by atoms with van der Waals surface area (Å²) in [7, 11) is 0. The maximum atomic E-state index is 6.63. The van der Waals surface area contributed by atoms with Crippen molar-refractivity contribution >= 4 is 5.69 Å². The summed E-state index contributed by atoms with van der Waals surface area (Å²) < 4.78 is 6.63. The molecule has 0 spiro atoms. The van der Waals surface area contributed by atoms with Crippen LogP contribution in [-0.4, -0.2) is 5.54 Å². The molecule has 1 unspecified atom stereocenters. The van der Waals surface area contributed by atoms with Crippen molar-refractivity contribution in [2.24, 2.45) is 0 Å². The van der Waals surface area contributed by atoms with Crippen LogP contribution in [0, 0.1) is 0 Å². The van der Waals surface area contributed by atoms with Gasteiger partial charge in [0, 0.05) is 22.4 Å². The number of nitrogens with one attached hydrogen (secondary N) is 1. The van der Waals surface area contributed by atoms with Gasteiger partial charge in [-0.3, -0.25) is 0 Å². The average molecular weight is 370 g/mol. The second kappa shape index (κ2) is 5.88. The molecule has 3 aromatic carbocycles. The third kappa shape index (κ3) is 2.63. The van der Waals surface area contributed by atoms with Gasteiger partial charge in [-0.1, -0.05) is 68.4 Å². The van der Waals surface area contributed by atoms with E-state index >= 15 is 0 Å². The molecule has 1 N–H and O–H groups in total. The van der Waals surface area contributed by atoms with Crippen LogP contribution in [0.1, 0.15) is 56.9 Å². The molecule has 0 fully saturated rings. The zero-order valence-corrected chi connectivity index (χ0v) is 17.0. The normalized spacial score (nSPS) is 20.8. The molecule has 2 heteroatoms. The molecule has 1 atom stereocenters. The van der Waals surface area contributed by atoms with E-state index in [1.807, 2.05) is 0 Å². The van der Waals surface area contributed by atoms with Crippen LogP contribution in [0.25, 0.3) is 11.1 Å². The van der Waals surface area contributed by atoms with Gasteiger partial charge in [0.1, 0.15) is 11.9 Å². The first-order valence-corrected chi connectivity index (χ1v) is 10.1. The van der Waals surface area contributed by atoms with Crippen molar-refractivity contribution in [1.82, 2.24) is 0 Å². The Bertz CT molecular complexity index is 1050. The van der Waals surface area contributed by atoms with Gasteiger partial charge in [-0.15, -0.1) is 0 Å². The van der Waals surface area contributed by atoms with Crippen molar-refractivity contribution in [3.63, 3.8) is 0 Å². The lowest BCUT2D eigenvalue weighted by atomic mass is 9.67. The Hall–Kier alpha value is -2.74. The van der Waals surface area contributed by atoms with Gasteiger partial charge < -0.3 is 10.1 Å². The smallest absolute Gasteiger partial charge is 0.150 e. The van der Waals surface area contributed by atoms with Gasteiger partial charge in [-0.05, 0) is 54.5 Å². The summed E-state index contributed by atoms with van der Waals surface area (Å²) in [6.07, 6.45) is 0.982. The first kappa shape index (κ1) is 17.4. The number of anilines is 1. The highest BCUT2D eigenvalue weighted by atomic mass is 16.5. The van der Waals surface area contributed by atoms with Crippen LogP contribution in [0.5, 0.6) is 5.75 Å². The average Bonchev–Trinajstić information content (AvgIpc) is 2.65. The molecule has 0 saturated heterocycles. The lowest BCUT2D eigenvalue weighted by Crippen LogP contribution is -2.44. The van der Waals surface area contributed by atoms with Gasteiger partial charge in [0.15, 0.2) is 0 Å². The molecule has 28 heavy (non-hydrogen) atoms. The van der Waals surface area contributed by atoms with E-state index in [2.05, 4.69) is 99.7 Å². The molecule has 0 bridgehead atoms. The van der Waals surface area contributed by atoms with Crippen molar-refractivity contribution < 1.29 is 4.74 Å². The molecule has 5 rings (SSSR count). The highest BCUT2D eigenvalue weighted by Crippen LogP contribution is 2.53. The zero-order valence-electron chi connectivity index (χ0n) is 17.0. The van der Waals surface area contributed by atoms with E-state index in [1.54, 1.807) is 0 Å². The van der Waals surface area contributed by atoms with Gasteiger partial charge in [-0.25, -0.2) is 0 Å². The summed E-state index contributed by atoms with van der Waals surface area (Å²) >= 11 is 0. The Balaban J connectivity index is 1.82. The van der Waals surface area contributed by atoms with Crippen LogP contribution in [-0.2, 0) is 5.41 Å². The Morgan fingerprint density at radius 2 is 1.54 bits per heavy atom. The minimum atomic E-state index is -0.0941. The van der Waals surface area contributed by atoms with Gasteiger partial charge in [-0.2, -0.15) is 0 Å². The fraction of sp³-hybridized carbons (Fsp3) is 0.308. The SMILES string of the molecule is CC1(C)CC(C)(C)c2c(ccc3c2C(c2ccccc2)Oc2ccccc2-3)N1. The number of fused-ring (bicyclic) bond motifs is 5. The van der Waals surface area contributed by atoms with Crippen LogP contribution in [0.15, 0.2) is 66.7 Å². The van der Waals surface area contributed by atoms with Crippen molar-refractivity contribution in [3.05, 3.63) is 83.4 Å². The summed E-state index contributed by atoms with van der Waals surface area (Å²) in [6.45, 7) is 9.32. The predicted molar refractivity (Wildman–Crippen MR) is 116 cm³/mol. The minimum Gasteiger partial charge on any atom is -0.480 e. The predicted octanol–water partition coefficient (Wildman–Crippen LogP) is 6.71. The van der Waals surface area contributed by atoms with Crippen LogP contribution < -0.4 is 10.1 Å². The summed E-state index contributed by atoms with van der Waals surface area (Å²) in [5.74, 6) is 0.964. The van der Waals surface area contributed by atoms with E-state index in [9.17, 15) is 0 Å². The zero-order chi connectivity index (χ0) is 19.5. The molecular formula is C26H27NO. The molecule has 3 aromatic rings. The molecule has 2 nitrogen and oxygen atoms in total. The maximum absolute atomic E-state index is 6.63. The number of ether oxygens (including phenoxy) is 1. The van der Waals surface area contributed by atoms with Crippen LogP contribution in [0.2, 0.25) is 0 Å². The largest absolute Gasteiger partial charge is 0.480 e. The molecular weight excluding hydrogens is 342 g/mol. The number of para-hydroxylation sites is 1. The molecule has 0 aliphatic carbocycles. The first-order valence-electron chi connectivity index (χ1n) is 10.1. The molecule has 0 aromatic heterocycles. The van der Waals surface area contributed by atoms with Crippen molar-refractivity contribution in [3.8, 4) is 16.9 Å². The Morgan fingerprint density at radius 3 is 2.32 bits per heavy atom. The first-order chi connectivity index (χ1) is 13.4. The van der Waals surface area contributed by atoms with Gasteiger partial charge in [0.25, 0.3) is 0 Å². The molecule has 2 heterocycles. The van der Waals surface area contributed by atoms with E-state index in [0.29, 0.717) is 0 Å². The van der Waals surface area contributed by atoms with E-state index in [4.69, 9.17) is 4.74 Å². The lowest BCUT2D eigenvalue weighted by molar-refractivity contribution is 0.237. The fourth-order valence-electron chi connectivity index (χ4n) is 5.40. The Kier molecular flexibility index (Phi) is 3.64. The highest BCUT2D eigenvalue weighted by molar-refractivity contribution is 5.82. The molecule has 2 aliphatic rings. The van der Waals surface area contributed by atoms with E-state index < -0.39 is 0 Å². The standard InChI is InChI=1S/C26H27NO/c1-25(2)16-26(3,4)27-20-15-14-19-18-12-8-9-13-21(18)28-24(22(19)23(20)25)17-10-6-5-7-11-17/h5-15,24,27H,16H2,1-4H3. The van der Waals surface area contributed by atoms with E-state index in [-0.39, 0.29) is 17.1 Å². The van der Waals surface area contributed by atoms with Crippen molar-refractivity contribution in [1.29, 1.82) is 0 Å². The minimum absolute atomic E-state index is 0.0537. The second-order valence-electron chi connectivity index (χ2n) is 9.42. The maximum Gasteiger partial charge on any atom is 0.150 e. The number of rotatable bonds is 1. The monoisotopic (exact) mass is 369 g/mol. The van der Waals surface area contributed by atoms with Crippen LogP contribution in [0.4, 0.5) is 5.69 Å². The van der Waals surface area contributed by atoms with Crippen LogP contribution in [0.3, 0.4) is 0 Å². The Labute approximate surface area is 167 Å². The summed E-state index contributed by atoms with van der Waals surface area (Å²) in [5, 5.41) is 3.78. The highest BCUT2D eigenvalue weighted by Gasteiger charge is 2.42. The van der Waals surface area contributed by atoms with Crippen molar-refractivity contribution in [2.75, 3.05) is 5.32 Å². The number of hydrogen-bond donors (Lipinski definition) is 1. The van der Waals surface area contributed by atoms with Crippen LogP contribution >= 0.6 is 0 Å². The van der Waals surface area contributed by atoms with E-state index in [0.717, 1.165) is 12.2 Å². The molecule has 0 radical (unpaired) electrons. The van der Waals surface area contributed by atoms with Gasteiger partial charge >= 0.3 is 0 Å². The Morgan fingerprint density at radius 1 is 0.821 bits per heavy atom. The number of benzene rings is 3. The summed E-state index contributed by atoms with van der Waals surface area (Å²) in [5.41, 5.74) is 7.76. The lowest BCUT2D eigenvalue weighted by Gasteiger charge is -2.46. The van der Waals surface area contributed by atoms with Gasteiger partial charge in [0.2, 0.25) is 0 Å². The molecule has 0 saturated carbocycles. The van der Waals surface area contributed by atoms with Crippen molar-refractivity contribution in [2.45, 2.75) is 51.2 Å².